The zero-order valence-corrected chi connectivity index (χ0v) is 17.1. The summed E-state index contributed by atoms with van der Waals surface area (Å²) in [6, 6.07) is 27.5. The van der Waals surface area contributed by atoms with Gasteiger partial charge in [0.05, 0.1) is 6.61 Å². The molecule has 0 bridgehead atoms. The van der Waals surface area contributed by atoms with E-state index >= 15 is 0 Å². The van der Waals surface area contributed by atoms with Crippen LogP contribution in [0.5, 0.6) is 0 Å². The summed E-state index contributed by atoms with van der Waals surface area (Å²) >= 11 is 0. The summed E-state index contributed by atoms with van der Waals surface area (Å²) in [6.45, 7) is 2.15. The van der Waals surface area contributed by atoms with Crippen molar-refractivity contribution >= 4 is 18.8 Å². The molecule has 3 rings (SSSR count). The fourth-order valence-electron chi connectivity index (χ4n) is 3.00. The molecule has 0 aliphatic heterocycles. The Morgan fingerprint density at radius 2 is 1.45 bits per heavy atom. The van der Waals surface area contributed by atoms with Crippen molar-refractivity contribution in [2.75, 3.05) is 6.61 Å². The van der Waals surface area contributed by atoms with Gasteiger partial charge in [-0.2, -0.15) is 0 Å². The molecule has 0 aromatic heterocycles. The molecule has 2 atom stereocenters. The number of nitrogens with one attached hydrogen (secondary N) is 1. The van der Waals surface area contributed by atoms with Gasteiger partial charge >= 0.3 is 6.09 Å². The third-order valence-electron chi connectivity index (χ3n) is 4.36. The SMILES string of the molecule is CCOP(=O)(c1ccccc1)C(NC(=O)OCc1ccccc1)c1ccccc1. The summed E-state index contributed by atoms with van der Waals surface area (Å²) < 4.78 is 25.2. The summed E-state index contributed by atoms with van der Waals surface area (Å²) in [5, 5.41) is 3.32. The fraction of sp³-hybridized carbons (Fsp3) is 0.174. The highest BCUT2D eigenvalue weighted by Gasteiger charge is 2.38. The van der Waals surface area contributed by atoms with Crippen molar-refractivity contribution in [2.45, 2.75) is 19.3 Å². The predicted octanol–water partition coefficient (Wildman–Crippen LogP) is 5.25. The van der Waals surface area contributed by atoms with Gasteiger partial charge in [-0.3, -0.25) is 4.57 Å². The summed E-state index contributed by atoms with van der Waals surface area (Å²) in [5.74, 6) is -0.866. The van der Waals surface area contributed by atoms with Gasteiger partial charge in [0, 0.05) is 5.30 Å². The van der Waals surface area contributed by atoms with Crippen molar-refractivity contribution in [3.63, 3.8) is 0 Å². The number of hydrogen-bond donors (Lipinski definition) is 1. The van der Waals surface area contributed by atoms with Crippen LogP contribution in [0.2, 0.25) is 0 Å². The number of amides is 1. The van der Waals surface area contributed by atoms with E-state index in [0.717, 1.165) is 5.56 Å². The molecule has 150 valence electrons. The van der Waals surface area contributed by atoms with Crippen LogP contribution >= 0.6 is 7.37 Å². The highest BCUT2D eigenvalue weighted by molar-refractivity contribution is 7.67. The minimum Gasteiger partial charge on any atom is -0.445 e. The van der Waals surface area contributed by atoms with Crippen molar-refractivity contribution < 1.29 is 18.6 Å². The molecule has 0 fully saturated rings. The zero-order valence-electron chi connectivity index (χ0n) is 16.2. The summed E-state index contributed by atoms with van der Waals surface area (Å²) in [6.07, 6.45) is -0.654. The Morgan fingerprint density at radius 1 is 0.897 bits per heavy atom. The van der Waals surface area contributed by atoms with Gasteiger partial charge in [-0.1, -0.05) is 78.9 Å². The molecule has 2 unspecified atom stereocenters. The van der Waals surface area contributed by atoms with Crippen LogP contribution in [-0.4, -0.2) is 12.7 Å². The molecule has 0 saturated carbocycles. The second kappa shape index (κ2) is 10.1. The number of ether oxygens (including phenoxy) is 1. The third kappa shape index (κ3) is 5.35. The highest BCUT2D eigenvalue weighted by Crippen LogP contribution is 2.57. The number of alkyl carbamates (subject to hydrolysis) is 1. The maximum atomic E-state index is 14.0. The summed E-state index contributed by atoms with van der Waals surface area (Å²) in [7, 11) is -3.47. The molecule has 1 N–H and O–H groups in total. The quantitative estimate of drug-likeness (QED) is 0.516. The smallest absolute Gasteiger partial charge is 0.408 e. The monoisotopic (exact) mass is 409 g/mol. The van der Waals surface area contributed by atoms with Crippen LogP contribution in [0.25, 0.3) is 0 Å². The molecule has 6 heteroatoms. The Kier molecular flexibility index (Phi) is 7.23. The Morgan fingerprint density at radius 3 is 2.03 bits per heavy atom. The molecule has 0 radical (unpaired) electrons. The Bertz CT molecular complexity index is 948. The van der Waals surface area contributed by atoms with Crippen molar-refractivity contribution in [1.82, 2.24) is 5.32 Å². The average molecular weight is 409 g/mol. The molecule has 0 aliphatic rings. The van der Waals surface area contributed by atoms with E-state index in [2.05, 4.69) is 5.32 Å². The molecule has 5 nitrogen and oxygen atoms in total. The second-order valence-electron chi connectivity index (χ2n) is 6.37. The van der Waals surface area contributed by atoms with Crippen LogP contribution in [0.1, 0.15) is 23.8 Å². The first-order chi connectivity index (χ1) is 14.1. The van der Waals surface area contributed by atoms with E-state index in [0.29, 0.717) is 10.9 Å². The molecule has 29 heavy (non-hydrogen) atoms. The summed E-state index contributed by atoms with van der Waals surface area (Å²) in [5.41, 5.74) is 1.56. The van der Waals surface area contributed by atoms with Crippen molar-refractivity contribution in [3.8, 4) is 0 Å². The lowest BCUT2D eigenvalue weighted by Gasteiger charge is -2.28. The first-order valence-electron chi connectivity index (χ1n) is 9.45. The van der Waals surface area contributed by atoms with Crippen molar-refractivity contribution in [2.24, 2.45) is 0 Å². The van der Waals surface area contributed by atoms with Crippen LogP contribution < -0.4 is 10.6 Å². The lowest BCUT2D eigenvalue weighted by atomic mass is 10.2. The predicted molar refractivity (Wildman–Crippen MR) is 114 cm³/mol. The van der Waals surface area contributed by atoms with Crippen LogP contribution in [0.15, 0.2) is 91.0 Å². The van der Waals surface area contributed by atoms with Gasteiger partial charge in [-0.05, 0) is 30.2 Å². The highest BCUT2D eigenvalue weighted by atomic mass is 31.2. The first kappa shape index (κ1) is 20.8. The summed E-state index contributed by atoms with van der Waals surface area (Å²) in [4.78, 5) is 12.6. The minimum absolute atomic E-state index is 0.123. The third-order valence-corrected chi connectivity index (χ3v) is 7.13. The maximum absolute atomic E-state index is 14.0. The number of carbonyl (C=O) groups is 1. The van der Waals surface area contributed by atoms with E-state index < -0.39 is 19.2 Å². The molecule has 0 aliphatic carbocycles. The van der Waals surface area contributed by atoms with Gasteiger partial charge in [-0.25, -0.2) is 4.79 Å². The number of carbonyl (C=O) groups excluding carboxylic acids is 1. The van der Waals surface area contributed by atoms with E-state index in [4.69, 9.17) is 9.26 Å². The molecule has 3 aromatic carbocycles. The van der Waals surface area contributed by atoms with E-state index in [1.165, 1.54) is 0 Å². The molecular formula is C23H24NO4P. The fourth-order valence-corrected chi connectivity index (χ4v) is 5.41. The number of rotatable bonds is 8. The van der Waals surface area contributed by atoms with E-state index in [1.54, 1.807) is 31.2 Å². The topological polar surface area (TPSA) is 64.6 Å². The van der Waals surface area contributed by atoms with E-state index in [-0.39, 0.29) is 13.2 Å². The van der Waals surface area contributed by atoms with Gasteiger partial charge < -0.3 is 14.6 Å². The molecule has 0 spiro atoms. The second-order valence-corrected chi connectivity index (χ2v) is 8.85. The largest absolute Gasteiger partial charge is 0.445 e. The molecule has 0 saturated heterocycles. The van der Waals surface area contributed by atoms with Gasteiger partial charge in [0.2, 0.25) is 0 Å². The van der Waals surface area contributed by atoms with Crippen LogP contribution in [0, 0.1) is 0 Å². The van der Waals surface area contributed by atoms with Gasteiger partial charge in [-0.15, -0.1) is 0 Å². The zero-order chi connectivity index (χ0) is 20.5. The van der Waals surface area contributed by atoms with Crippen molar-refractivity contribution in [1.29, 1.82) is 0 Å². The lowest BCUT2D eigenvalue weighted by Crippen LogP contribution is -2.32. The maximum Gasteiger partial charge on any atom is 0.408 e. The number of hydrogen-bond acceptors (Lipinski definition) is 4. The number of benzene rings is 3. The molecular weight excluding hydrogens is 385 g/mol. The molecule has 0 heterocycles. The Labute approximate surface area is 171 Å². The normalized spacial score (nSPS) is 13.8. The van der Waals surface area contributed by atoms with Crippen LogP contribution in [0.3, 0.4) is 0 Å². The standard InChI is InChI=1S/C23H24NO4P/c1-2-28-29(26,21-16-10-5-11-17-21)22(20-14-8-4-9-15-20)24-23(25)27-18-19-12-6-3-7-13-19/h3-17,22H,2,18H2,1H3,(H,24,25). The van der Waals surface area contributed by atoms with E-state index in [9.17, 15) is 9.36 Å². The lowest BCUT2D eigenvalue weighted by molar-refractivity contribution is 0.137. The molecule has 3 aromatic rings. The average Bonchev–Trinajstić information content (AvgIpc) is 2.78. The minimum atomic E-state index is -3.47. The Hall–Kier alpha value is -2.88. The van der Waals surface area contributed by atoms with Crippen molar-refractivity contribution in [3.05, 3.63) is 102 Å². The van der Waals surface area contributed by atoms with Gasteiger partial charge in [0.1, 0.15) is 12.4 Å². The van der Waals surface area contributed by atoms with Crippen LogP contribution in [-0.2, 0) is 20.4 Å². The molecule has 1 amide bonds. The first-order valence-corrected chi connectivity index (χ1v) is 11.1. The van der Waals surface area contributed by atoms with Crippen LogP contribution in [0.4, 0.5) is 4.79 Å². The van der Waals surface area contributed by atoms with Gasteiger partial charge in [0.25, 0.3) is 7.37 Å². The van der Waals surface area contributed by atoms with Gasteiger partial charge in [0.15, 0.2) is 0 Å². The van der Waals surface area contributed by atoms with E-state index in [1.807, 2.05) is 66.7 Å². The Balaban J connectivity index is 1.88.